The van der Waals surface area contributed by atoms with E-state index in [9.17, 15) is 36.7 Å². The lowest BCUT2D eigenvalue weighted by atomic mass is 10.1. The Labute approximate surface area is 267 Å². The molecule has 0 fully saturated rings. The Kier molecular flexibility index (Phi) is 14.9. The molecule has 0 bridgehead atoms. The van der Waals surface area contributed by atoms with E-state index in [1.54, 1.807) is 41.5 Å². The van der Waals surface area contributed by atoms with Crippen LogP contribution in [-0.4, -0.2) is 19.1 Å². The van der Waals surface area contributed by atoms with E-state index >= 15 is 0 Å². The number of anilines is 1. The maximum atomic E-state index is 13.2. The molecule has 2 aromatic heterocycles. The zero-order chi connectivity index (χ0) is 34.2. The van der Waals surface area contributed by atoms with Crippen LogP contribution in [0.4, 0.5) is 23.4 Å². The minimum atomic E-state index is -0.688. The van der Waals surface area contributed by atoms with E-state index in [1.807, 2.05) is 0 Å². The number of H-pyrrole nitrogens is 2. The average Bonchev–Trinajstić information content (AvgIpc) is 2.86. The van der Waals surface area contributed by atoms with Crippen molar-refractivity contribution in [2.45, 2.75) is 73.1 Å². The molecule has 0 saturated carbocycles. The molecular weight excluding hydrogens is 632 g/mol. The van der Waals surface area contributed by atoms with Gasteiger partial charge in [0.2, 0.25) is 0 Å². The average molecular weight is 671 g/mol. The molecule has 0 aliphatic heterocycles. The number of rotatable bonds is 6. The Balaban J connectivity index is 0.000000374. The molecule has 4 rings (SSSR count). The third-order valence-corrected chi connectivity index (χ3v) is 6.30. The Hall–Kier alpha value is -4.43. The Morgan fingerprint density at radius 3 is 1.41 bits per heavy atom. The normalized spacial score (nSPS) is 11.9. The molecule has 0 saturated heterocycles. The van der Waals surface area contributed by atoms with E-state index < -0.39 is 46.2 Å². The monoisotopic (exact) mass is 670 g/mol. The van der Waals surface area contributed by atoms with Gasteiger partial charge in [-0.2, -0.15) is 0 Å². The van der Waals surface area contributed by atoms with Gasteiger partial charge in [0, 0.05) is 42.4 Å². The molecule has 2 atom stereocenters. The van der Waals surface area contributed by atoms with Crippen LogP contribution in [-0.2, 0) is 0 Å². The fraction of sp³-hybridized carbons (Fsp3) is 0.355. The summed E-state index contributed by atoms with van der Waals surface area (Å²) in [6, 6.07) is 7.63. The fourth-order valence-corrected chi connectivity index (χ4v) is 4.19. The number of nitrogens with two attached hydrogens (primary N) is 1. The second kappa shape index (κ2) is 17.3. The zero-order valence-corrected chi connectivity index (χ0v) is 26.2. The summed E-state index contributed by atoms with van der Waals surface area (Å²) in [6.07, 6.45) is 0. The number of nitrogens with one attached hydrogen (secondary N) is 3. The van der Waals surface area contributed by atoms with Crippen molar-refractivity contribution >= 4 is 17.4 Å². The molecule has 15 heteroatoms. The summed E-state index contributed by atoms with van der Waals surface area (Å²) in [5.41, 5.74) is 4.43. The first-order chi connectivity index (χ1) is 20.9. The second-order valence-corrected chi connectivity index (χ2v) is 11.0. The number of nitrogens with zero attached hydrogens (tertiary/aromatic N) is 2. The van der Waals surface area contributed by atoms with Crippen LogP contribution in [0, 0.1) is 23.3 Å². The Morgan fingerprint density at radius 2 is 1.04 bits per heavy atom. The number of aromatic amines is 2. The fourth-order valence-electron chi connectivity index (χ4n) is 4.02. The number of benzene rings is 2. The molecule has 4 aromatic rings. The van der Waals surface area contributed by atoms with Gasteiger partial charge in [0.1, 0.15) is 34.2 Å². The minimum Gasteiger partial charge on any atom is -0.365 e. The van der Waals surface area contributed by atoms with E-state index in [4.69, 9.17) is 17.3 Å². The topological polar surface area (TPSA) is 148 Å². The van der Waals surface area contributed by atoms with Crippen molar-refractivity contribution in [3.8, 4) is 0 Å². The van der Waals surface area contributed by atoms with E-state index in [-0.39, 0.29) is 42.1 Å². The van der Waals surface area contributed by atoms with E-state index in [0.717, 1.165) is 21.3 Å². The van der Waals surface area contributed by atoms with Crippen LogP contribution in [0.2, 0.25) is 5.15 Å². The molecule has 0 unspecified atom stereocenters. The van der Waals surface area contributed by atoms with Gasteiger partial charge in [-0.1, -0.05) is 19.0 Å². The van der Waals surface area contributed by atoms with Crippen molar-refractivity contribution in [2.24, 2.45) is 5.73 Å². The highest BCUT2D eigenvalue weighted by Gasteiger charge is 2.12. The zero-order valence-electron chi connectivity index (χ0n) is 25.4. The van der Waals surface area contributed by atoms with Gasteiger partial charge in [-0.15, -0.1) is 0 Å². The smallest absolute Gasteiger partial charge is 0.330 e. The lowest BCUT2D eigenvalue weighted by Gasteiger charge is -2.16. The molecule has 10 nitrogen and oxygen atoms in total. The lowest BCUT2D eigenvalue weighted by Crippen LogP contribution is -2.36. The SMILES string of the molecule is C.CC(C)n1c(=O)cc(Cl)[nH]c1=O.CC(C)n1c(=O)cc(N[C@@H](C)c2cc(F)cc(F)c2)[nH]c1=O.C[C@H](N)c1cc(F)cc(F)c1. The Morgan fingerprint density at radius 1 is 0.652 bits per heavy atom. The van der Waals surface area contributed by atoms with Gasteiger partial charge in [0.05, 0.1) is 6.04 Å². The standard InChI is InChI=1S/C15H17F2N3O2.C8H9F2N.C7H9ClN2O2.CH4/c1-8(2)20-14(21)7-13(19-15(20)22)18-9(3)10-4-11(16)6-12(17)5-10;1-5(11)6-2-7(9)4-8(10)3-6;1-4(2)10-6(11)3-5(8)9-7(10)12;/h4-9,18H,1-3H3,(H,19,22);2-5H,11H2,1H3;3-4H,1-2H3,(H,9,12);1H4/t9-;5-;;/m00../s1. The summed E-state index contributed by atoms with van der Waals surface area (Å²) in [5, 5.41) is 2.93. The van der Waals surface area contributed by atoms with Crippen molar-refractivity contribution in [2.75, 3.05) is 5.32 Å². The van der Waals surface area contributed by atoms with Gasteiger partial charge in [0.15, 0.2) is 0 Å². The van der Waals surface area contributed by atoms with Crippen LogP contribution < -0.4 is 33.5 Å². The summed E-state index contributed by atoms with van der Waals surface area (Å²) >= 11 is 5.46. The molecule has 0 aliphatic rings. The van der Waals surface area contributed by atoms with Crippen molar-refractivity contribution in [1.82, 2.24) is 19.1 Å². The van der Waals surface area contributed by atoms with E-state index in [0.29, 0.717) is 11.1 Å². The van der Waals surface area contributed by atoms with Crippen LogP contribution in [0.25, 0.3) is 0 Å². The van der Waals surface area contributed by atoms with Crippen LogP contribution in [0.15, 0.2) is 67.7 Å². The number of aromatic nitrogens is 4. The predicted octanol–water partition coefficient (Wildman–Crippen LogP) is 5.96. The van der Waals surface area contributed by atoms with Gasteiger partial charge >= 0.3 is 11.4 Å². The lowest BCUT2D eigenvalue weighted by molar-refractivity contribution is 0.546. The summed E-state index contributed by atoms with van der Waals surface area (Å²) in [5.74, 6) is -2.35. The molecule has 5 N–H and O–H groups in total. The first kappa shape index (κ1) is 39.6. The molecule has 0 amide bonds. The van der Waals surface area contributed by atoms with Crippen LogP contribution in [0.1, 0.15) is 84.3 Å². The summed E-state index contributed by atoms with van der Waals surface area (Å²) in [4.78, 5) is 50.9. The third kappa shape index (κ3) is 11.5. The maximum Gasteiger partial charge on any atom is 0.330 e. The molecule has 0 aliphatic carbocycles. The van der Waals surface area contributed by atoms with Gasteiger partial charge in [-0.05, 0) is 76.9 Å². The molecular formula is C31H39ClF4N6O4. The molecule has 252 valence electrons. The maximum absolute atomic E-state index is 13.2. The minimum absolute atomic E-state index is 0. The van der Waals surface area contributed by atoms with Crippen LogP contribution >= 0.6 is 11.6 Å². The second-order valence-electron chi connectivity index (χ2n) is 10.6. The van der Waals surface area contributed by atoms with E-state index in [1.165, 1.54) is 36.4 Å². The molecule has 46 heavy (non-hydrogen) atoms. The van der Waals surface area contributed by atoms with Crippen molar-refractivity contribution in [3.63, 3.8) is 0 Å². The first-order valence-corrected chi connectivity index (χ1v) is 14.1. The van der Waals surface area contributed by atoms with Crippen molar-refractivity contribution in [1.29, 1.82) is 0 Å². The highest BCUT2D eigenvalue weighted by atomic mass is 35.5. The van der Waals surface area contributed by atoms with Gasteiger partial charge in [0.25, 0.3) is 11.1 Å². The highest BCUT2D eigenvalue weighted by molar-refractivity contribution is 6.29. The highest BCUT2D eigenvalue weighted by Crippen LogP contribution is 2.19. The molecule has 2 heterocycles. The van der Waals surface area contributed by atoms with Gasteiger partial charge in [-0.25, -0.2) is 27.2 Å². The van der Waals surface area contributed by atoms with Crippen LogP contribution in [0.3, 0.4) is 0 Å². The van der Waals surface area contributed by atoms with Crippen LogP contribution in [0.5, 0.6) is 0 Å². The number of hydrogen-bond acceptors (Lipinski definition) is 6. The van der Waals surface area contributed by atoms with Crippen molar-refractivity contribution in [3.05, 3.63) is 130 Å². The molecule has 2 aromatic carbocycles. The first-order valence-electron chi connectivity index (χ1n) is 13.7. The largest absolute Gasteiger partial charge is 0.365 e. The van der Waals surface area contributed by atoms with E-state index in [2.05, 4.69) is 15.3 Å². The molecule has 0 spiro atoms. The van der Waals surface area contributed by atoms with Gasteiger partial charge in [-0.3, -0.25) is 28.7 Å². The van der Waals surface area contributed by atoms with Crippen molar-refractivity contribution < 1.29 is 17.6 Å². The Bertz CT molecular complexity index is 1750. The quantitative estimate of drug-likeness (QED) is 0.147. The summed E-state index contributed by atoms with van der Waals surface area (Å²) < 4.78 is 53.6. The third-order valence-electron chi connectivity index (χ3n) is 6.10. The number of hydrogen-bond donors (Lipinski definition) is 4. The van der Waals surface area contributed by atoms with Gasteiger partial charge < -0.3 is 11.1 Å². The predicted molar refractivity (Wildman–Crippen MR) is 173 cm³/mol. The number of halogens is 5. The summed E-state index contributed by atoms with van der Waals surface area (Å²) in [7, 11) is 0. The summed E-state index contributed by atoms with van der Waals surface area (Å²) in [6.45, 7) is 10.3. The molecule has 0 radical (unpaired) electrons.